The van der Waals surface area contributed by atoms with Gasteiger partial charge < -0.3 is 4.74 Å². The van der Waals surface area contributed by atoms with E-state index in [1.54, 1.807) is 12.3 Å². The second kappa shape index (κ2) is 3.95. The summed E-state index contributed by atoms with van der Waals surface area (Å²) in [7, 11) is 0. The van der Waals surface area contributed by atoms with Crippen LogP contribution < -0.4 is 0 Å². The molecule has 0 N–H and O–H groups in total. The monoisotopic (exact) mass is 149 g/mol. The first-order valence-electron chi connectivity index (χ1n) is 3.61. The van der Waals surface area contributed by atoms with Gasteiger partial charge in [-0.05, 0) is 13.0 Å². The van der Waals surface area contributed by atoms with E-state index in [1.807, 2.05) is 6.92 Å². The van der Waals surface area contributed by atoms with Gasteiger partial charge in [-0.1, -0.05) is 18.4 Å². The van der Waals surface area contributed by atoms with Crippen LogP contribution in [-0.2, 0) is 4.74 Å². The Bertz CT molecular complexity index is 221. The van der Waals surface area contributed by atoms with E-state index in [9.17, 15) is 0 Å². The SMILES string of the molecule is C=CC#CCC=NC1OC1C. The van der Waals surface area contributed by atoms with Gasteiger partial charge in [0.15, 0.2) is 6.23 Å². The molecule has 58 valence electrons. The molecule has 2 heteroatoms. The van der Waals surface area contributed by atoms with E-state index in [0.29, 0.717) is 12.5 Å². The van der Waals surface area contributed by atoms with Gasteiger partial charge in [-0.2, -0.15) is 0 Å². The summed E-state index contributed by atoms with van der Waals surface area (Å²) in [4.78, 5) is 4.10. The van der Waals surface area contributed by atoms with Crippen LogP contribution in [0, 0.1) is 11.8 Å². The van der Waals surface area contributed by atoms with Crippen molar-refractivity contribution in [3.8, 4) is 11.8 Å². The zero-order chi connectivity index (χ0) is 8.10. The molecule has 1 fully saturated rings. The Balaban J connectivity index is 2.11. The van der Waals surface area contributed by atoms with E-state index in [-0.39, 0.29) is 6.23 Å². The van der Waals surface area contributed by atoms with Crippen molar-refractivity contribution in [3.63, 3.8) is 0 Å². The molecular weight excluding hydrogens is 138 g/mol. The lowest BCUT2D eigenvalue weighted by molar-refractivity contribution is 0.384. The fourth-order valence-electron chi connectivity index (χ4n) is 0.664. The predicted octanol–water partition coefficient (Wildman–Crippen LogP) is 1.38. The Morgan fingerprint density at radius 2 is 2.45 bits per heavy atom. The van der Waals surface area contributed by atoms with Crippen LogP contribution in [0.5, 0.6) is 0 Å². The van der Waals surface area contributed by atoms with Crippen molar-refractivity contribution in [2.24, 2.45) is 4.99 Å². The zero-order valence-corrected chi connectivity index (χ0v) is 6.58. The molecule has 0 spiro atoms. The van der Waals surface area contributed by atoms with Gasteiger partial charge in [0.05, 0.1) is 0 Å². The Hall–Kier alpha value is -1.07. The van der Waals surface area contributed by atoms with Crippen molar-refractivity contribution in [2.45, 2.75) is 25.7 Å². The second-order valence-corrected chi connectivity index (χ2v) is 2.29. The van der Waals surface area contributed by atoms with Gasteiger partial charge >= 0.3 is 0 Å². The summed E-state index contributed by atoms with van der Waals surface area (Å²) in [5, 5.41) is 0. The van der Waals surface area contributed by atoms with E-state index >= 15 is 0 Å². The quantitative estimate of drug-likeness (QED) is 0.331. The number of ether oxygens (including phenoxy) is 1. The van der Waals surface area contributed by atoms with Crippen LogP contribution in [0.25, 0.3) is 0 Å². The van der Waals surface area contributed by atoms with Crippen LogP contribution in [0.15, 0.2) is 17.6 Å². The molecule has 1 heterocycles. The molecule has 1 aliphatic rings. The highest BCUT2D eigenvalue weighted by atomic mass is 16.6. The molecule has 0 aromatic carbocycles. The summed E-state index contributed by atoms with van der Waals surface area (Å²) in [6, 6.07) is 0. The molecule has 0 bridgehead atoms. The van der Waals surface area contributed by atoms with Gasteiger partial charge in [-0.25, -0.2) is 0 Å². The summed E-state index contributed by atoms with van der Waals surface area (Å²) < 4.78 is 5.06. The van der Waals surface area contributed by atoms with Gasteiger partial charge in [-0.15, -0.1) is 0 Å². The van der Waals surface area contributed by atoms with Crippen molar-refractivity contribution >= 4 is 6.21 Å². The standard InChI is InChI=1S/C9H11NO/c1-3-4-5-6-7-10-9-8(2)11-9/h3,7-9H,1,6H2,2H3. The van der Waals surface area contributed by atoms with Gasteiger partial charge in [0.2, 0.25) is 0 Å². The Morgan fingerprint density at radius 3 is 3.00 bits per heavy atom. The number of epoxide rings is 1. The van der Waals surface area contributed by atoms with Gasteiger partial charge in [-0.3, -0.25) is 4.99 Å². The maximum absolute atomic E-state index is 5.06. The minimum absolute atomic E-state index is 0.0977. The number of rotatable bonds is 2. The lowest BCUT2D eigenvalue weighted by Gasteiger charge is -1.77. The number of aliphatic imine (C=N–C) groups is 1. The van der Waals surface area contributed by atoms with Gasteiger partial charge in [0.1, 0.15) is 6.10 Å². The first-order chi connectivity index (χ1) is 5.34. The Kier molecular flexibility index (Phi) is 2.88. The third kappa shape index (κ3) is 3.01. The highest BCUT2D eigenvalue weighted by Gasteiger charge is 2.32. The predicted molar refractivity (Wildman–Crippen MR) is 45.4 cm³/mol. The number of hydrogen-bond acceptors (Lipinski definition) is 2. The molecule has 0 radical (unpaired) electrons. The second-order valence-electron chi connectivity index (χ2n) is 2.29. The van der Waals surface area contributed by atoms with E-state index in [2.05, 4.69) is 23.4 Å². The van der Waals surface area contributed by atoms with Crippen LogP contribution in [0.1, 0.15) is 13.3 Å². The van der Waals surface area contributed by atoms with Crippen molar-refractivity contribution < 1.29 is 4.74 Å². The third-order valence-electron chi connectivity index (χ3n) is 1.33. The molecule has 0 saturated carbocycles. The van der Waals surface area contributed by atoms with E-state index in [0.717, 1.165) is 0 Å². The molecule has 0 aromatic rings. The van der Waals surface area contributed by atoms with Crippen molar-refractivity contribution in [3.05, 3.63) is 12.7 Å². The molecule has 2 nitrogen and oxygen atoms in total. The van der Waals surface area contributed by atoms with E-state index in [1.165, 1.54) is 0 Å². The van der Waals surface area contributed by atoms with Crippen LogP contribution in [0.3, 0.4) is 0 Å². The van der Waals surface area contributed by atoms with Crippen molar-refractivity contribution in [1.29, 1.82) is 0 Å². The van der Waals surface area contributed by atoms with Crippen LogP contribution >= 0.6 is 0 Å². The fraction of sp³-hybridized carbons (Fsp3) is 0.444. The minimum atomic E-state index is 0.0977. The average molecular weight is 149 g/mol. The zero-order valence-electron chi connectivity index (χ0n) is 6.58. The lowest BCUT2D eigenvalue weighted by Crippen LogP contribution is -1.83. The number of nitrogens with zero attached hydrogens (tertiary/aromatic N) is 1. The first kappa shape index (κ1) is 8.03. The molecular formula is C9H11NO. The minimum Gasteiger partial charge on any atom is -0.346 e. The summed E-state index contributed by atoms with van der Waals surface area (Å²) >= 11 is 0. The van der Waals surface area contributed by atoms with Crippen molar-refractivity contribution in [2.75, 3.05) is 0 Å². The van der Waals surface area contributed by atoms with Crippen LogP contribution in [-0.4, -0.2) is 18.5 Å². The molecule has 0 amide bonds. The molecule has 1 aliphatic heterocycles. The highest BCUT2D eigenvalue weighted by molar-refractivity contribution is 5.61. The Labute approximate surface area is 67.0 Å². The maximum atomic E-state index is 5.06. The normalized spacial score (nSPS) is 27.7. The fourth-order valence-corrected chi connectivity index (χ4v) is 0.664. The average Bonchev–Trinajstić information content (AvgIpc) is 2.67. The lowest BCUT2D eigenvalue weighted by atomic mass is 10.4. The molecule has 1 saturated heterocycles. The number of hydrogen-bond donors (Lipinski definition) is 0. The molecule has 2 atom stereocenters. The third-order valence-corrected chi connectivity index (χ3v) is 1.33. The maximum Gasteiger partial charge on any atom is 0.174 e. The van der Waals surface area contributed by atoms with Gasteiger partial charge in [0.25, 0.3) is 0 Å². The van der Waals surface area contributed by atoms with Crippen molar-refractivity contribution in [1.82, 2.24) is 0 Å². The van der Waals surface area contributed by atoms with Crippen LogP contribution in [0.4, 0.5) is 0 Å². The molecule has 1 rings (SSSR count). The molecule has 11 heavy (non-hydrogen) atoms. The smallest absolute Gasteiger partial charge is 0.174 e. The largest absolute Gasteiger partial charge is 0.346 e. The Morgan fingerprint density at radius 1 is 1.73 bits per heavy atom. The summed E-state index contributed by atoms with van der Waals surface area (Å²) in [6.45, 7) is 5.47. The molecule has 0 aliphatic carbocycles. The van der Waals surface area contributed by atoms with E-state index < -0.39 is 0 Å². The van der Waals surface area contributed by atoms with E-state index in [4.69, 9.17) is 4.74 Å². The summed E-state index contributed by atoms with van der Waals surface area (Å²) in [5.74, 6) is 5.60. The summed E-state index contributed by atoms with van der Waals surface area (Å²) in [5.41, 5.74) is 0. The topological polar surface area (TPSA) is 24.9 Å². The summed E-state index contributed by atoms with van der Waals surface area (Å²) in [6.07, 6.45) is 4.44. The first-order valence-corrected chi connectivity index (χ1v) is 3.61. The highest BCUT2D eigenvalue weighted by Crippen LogP contribution is 2.21. The molecule has 0 aromatic heterocycles. The van der Waals surface area contributed by atoms with Crippen LogP contribution in [0.2, 0.25) is 0 Å². The number of allylic oxidation sites excluding steroid dienone is 1. The van der Waals surface area contributed by atoms with Gasteiger partial charge in [0, 0.05) is 12.6 Å². The molecule has 2 unspecified atom stereocenters.